The molecule has 0 unspecified atom stereocenters. The van der Waals surface area contributed by atoms with Crippen LogP contribution in [0.15, 0.2) is 42.7 Å². The van der Waals surface area contributed by atoms with Crippen LogP contribution in [0.25, 0.3) is 0 Å². The van der Waals surface area contributed by atoms with Gasteiger partial charge >= 0.3 is 0 Å². The van der Waals surface area contributed by atoms with Crippen LogP contribution < -0.4 is 9.47 Å². The lowest BCUT2D eigenvalue weighted by Crippen LogP contribution is -2.41. The Labute approximate surface area is 147 Å². The molecule has 0 saturated heterocycles. The van der Waals surface area contributed by atoms with E-state index in [2.05, 4.69) is 4.98 Å². The first kappa shape index (κ1) is 15.9. The van der Waals surface area contributed by atoms with Crippen LogP contribution in [0.3, 0.4) is 0 Å². The van der Waals surface area contributed by atoms with Gasteiger partial charge in [0, 0.05) is 31.0 Å². The second-order valence-electron chi connectivity index (χ2n) is 6.74. The van der Waals surface area contributed by atoms with Crippen molar-refractivity contribution < 1.29 is 14.3 Å². The highest BCUT2D eigenvalue weighted by Crippen LogP contribution is 2.34. The van der Waals surface area contributed by atoms with Gasteiger partial charge in [0.05, 0.1) is 13.0 Å². The highest BCUT2D eigenvalue weighted by Gasteiger charge is 2.37. The minimum absolute atomic E-state index is 0.122. The fourth-order valence-corrected chi connectivity index (χ4v) is 3.33. The molecule has 1 saturated carbocycles. The van der Waals surface area contributed by atoms with Crippen molar-refractivity contribution in [3.63, 3.8) is 0 Å². The Bertz CT molecular complexity index is 759. The number of ether oxygens (including phenoxy) is 2. The van der Waals surface area contributed by atoms with Gasteiger partial charge in [-0.15, -0.1) is 0 Å². The van der Waals surface area contributed by atoms with Crippen LogP contribution in [0.4, 0.5) is 0 Å². The number of nitrogens with zero attached hydrogens (tertiary/aromatic N) is 2. The first-order valence-electron chi connectivity index (χ1n) is 8.73. The van der Waals surface area contributed by atoms with Gasteiger partial charge in [-0.05, 0) is 48.6 Å². The molecule has 25 heavy (non-hydrogen) atoms. The lowest BCUT2D eigenvalue weighted by Gasteiger charge is -2.30. The maximum absolute atomic E-state index is 13.1. The summed E-state index contributed by atoms with van der Waals surface area (Å²) in [7, 11) is 1.64. The highest BCUT2D eigenvalue weighted by atomic mass is 16.5. The van der Waals surface area contributed by atoms with Crippen molar-refractivity contribution in [1.29, 1.82) is 0 Å². The number of methoxy groups -OCH3 is 1. The summed E-state index contributed by atoms with van der Waals surface area (Å²) in [5.41, 5.74) is 2.20. The van der Waals surface area contributed by atoms with Crippen LogP contribution in [-0.2, 0) is 17.8 Å². The molecule has 5 nitrogen and oxygen atoms in total. The van der Waals surface area contributed by atoms with Gasteiger partial charge in [-0.2, -0.15) is 0 Å². The van der Waals surface area contributed by atoms with E-state index >= 15 is 0 Å². The average molecular weight is 338 g/mol. The SMILES string of the molecule is COc1ccc2c(c1)OC[C@@H](C(=O)N(Cc1ccncc1)C1CC1)C2. The molecule has 1 aromatic heterocycles. The molecule has 0 bridgehead atoms. The van der Waals surface area contributed by atoms with Gasteiger partial charge in [0.25, 0.3) is 0 Å². The average Bonchev–Trinajstić information content (AvgIpc) is 3.50. The highest BCUT2D eigenvalue weighted by molar-refractivity contribution is 5.80. The number of benzene rings is 1. The molecule has 1 aromatic carbocycles. The minimum atomic E-state index is -0.122. The third-order valence-electron chi connectivity index (χ3n) is 4.90. The Kier molecular flexibility index (Phi) is 4.30. The number of aromatic nitrogens is 1. The maximum atomic E-state index is 13.1. The zero-order valence-corrected chi connectivity index (χ0v) is 14.4. The van der Waals surface area contributed by atoms with E-state index < -0.39 is 0 Å². The number of carbonyl (C=O) groups excluding carboxylic acids is 1. The van der Waals surface area contributed by atoms with Crippen LogP contribution in [0.2, 0.25) is 0 Å². The number of hydrogen-bond acceptors (Lipinski definition) is 4. The smallest absolute Gasteiger partial charge is 0.230 e. The van der Waals surface area contributed by atoms with Gasteiger partial charge < -0.3 is 14.4 Å². The van der Waals surface area contributed by atoms with Crippen molar-refractivity contribution in [2.75, 3.05) is 13.7 Å². The second kappa shape index (κ2) is 6.75. The third kappa shape index (κ3) is 3.45. The molecule has 4 rings (SSSR count). The molecular weight excluding hydrogens is 316 g/mol. The van der Waals surface area contributed by atoms with Gasteiger partial charge in [-0.1, -0.05) is 6.07 Å². The number of pyridine rings is 1. The summed E-state index contributed by atoms with van der Waals surface area (Å²) in [5, 5.41) is 0. The summed E-state index contributed by atoms with van der Waals surface area (Å²) in [4.78, 5) is 19.2. The fourth-order valence-electron chi connectivity index (χ4n) is 3.33. The summed E-state index contributed by atoms with van der Waals surface area (Å²) in [6.07, 6.45) is 6.46. The van der Waals surface area contributed by atoms with Crippen molar-refractivity contribution in [2.45, 2.75) is 31.8 Å². The van der Waals surface area contributed by atoms with E-state index in [1.807, 2.05) is 35.2 Å². The molecule has 0 spiro atoms. The molecule has 1 fully saturated rings. The normalized spacial score (nSPS) is 18.8. The molecule has 2 aromatic rings. The minimum Gasteiger partial charge on any atom is -0.497 e. The molecular formula is C20H22N2O3. The van der Waals surface area contributed by atoms with E-state index in [0.29, 0.717) is 19.2 Å². The van der Waals surface area contributed by atoms with E-state index in [0.717, 1.165) is 41.9 Å². The Hall–Kier alpha value is -2.56. The van der Waals surface area contributed by atoms with Crippen molar-refractivity contribution in [3.8, 4) is 11.5 Å². The lowest BCUT2D eigenvalue weighted by molar-refractivity contribution is -0.138. The number of amides is 1. The Morgan fingerprint density at radius 3 is 2.80 bits per heavy atom. The van der Waals surface area contributed by atoms with Gasteiger partial charge in [-0.25, -0.2) is 0 Å². The second-order valence-corrected chi connectivity index (χ2v) is 6.74. The van der Waals surface area contributed by atoms with Crippen molar-refractivity contribution in [3.05, 3.63) is 53.9 Å². The van der Waals surface area contributed by atoms with Gasteiger partial charge in [0.2, 0.25) is 5.91 Å². The van der Waals surface area contributed by atoms with Gasteiger partial charge in [0.1, 0.15) is 18.1 Å². The van der Waals surface area contributed by atoms with E-state index in [-0.39, 0.29) is 11.8 Å². The van der Waals surface area contributed by atoms with E-state index in [4.69, 9.17) is 9.47 Å². The summed E-state index contributed by atoms with van der Waals surface area (Å²) in [5.74, 6) is 1.68. The predicted molar refractivity (Wildman–Crippen MR) is 93.5 cm³/mol. The van der Waals surface area contributed by atoms with Crippen LogP contribution in [0, 0.1) is 5.92 Å². The van der Waals surface area contributed by atoms with Crippen LogP contribution in [0.5, 0.6) is 11.5 Å². The van der Waals surface area contributed by atoms with Crippen LogP contribution >= 0.6 is 0 Å². The first-order valence-corrected chi connectivity index (χ1v) is 8.73. The molecule has 0 N–H and O–H groups in total. The number of rotatable bonds is 5. The summed E-state index contributed by atoms with van der Waals surface area (Å²) < 4.78 is 11.1. The Morgan fingerprint density at radius 2 is 2.08 bits per heavy atom. The molecule has 2 aliphatic rings. The molecule has 1 aliphatic carbocycles. The predicted octanol–water partition coefficient (Wildman–Crippen LogP) is 2.83. The Morgan fingerprint density at radius 1 is 1.28 bits per heavy atom. The molecule has 2 heterocycles. The first-order chi connectivity index (χ1) is 12.2. The molecule has 0 radical (unpaired) electrons. The van der Waals surface area contributed by atoms with E-state index in [1.54, 1.807) is 19.5 Å². The van der Waals surface area contributed by atoms with Gasteiger partial charge in [-0.3, -0.25) is 9.78 Å². The van der Waals surface area contributed by atoms with Crippen molar-refractivity contribution >= 4 is 5.91 Å². The largest absolute Gasteiger partial charge is 0.497 e. The van der Waals surface area contributed by atoms with Gasteiger partial charge in [0.15, 0.2) is 0 Å². The monoisotopic (exact) mass is 338 g/mol. The van der Waals surface area contributed by atoms with E-state index in [1.165, 1.54) is 0 Å². The summed E-state index contributed by atoms with van der Waals surface area (Å²) in [6.45, 7) is 1.08. The molecule has 5 heteroatoms. The zero-order chi connectivity index (χ0) is 17.2. The zero-order valence-electron chi connectivity index (χ0n) is 14.4. The summed E-state index contributed by atoms with van der Waals surface area (Å²) >= 11 is 0. The quantitative estimate of drug-likeness (QED) is 0.841. The van der Waals surface area contributed by atoms with Crippen molar-refractivity contribution in [1.82, 2.24) is 9.88 Å². The number of hydrogen-bond donors (Lipinski definition) is 0. The number of fused-ring (bicyclic) bond motifs is 1. The molecule has 1 aliphatic heterocycles. The third-order valence-corrected chi connectivity index (χ3v) is 4.90. The number of carbonyl (C=O) groups is 1. The van der Waals surface area contributed by atoms with Crippen LogP contribution in [0.1, 0.15) is 24.0 Å². The molecule has 1 amide bonds. The summed E-state index contributed by atoms with van der Waals surface area (Å²) in [6, 6.07) is 10.1. The van der Waals surface area contributed by atoms with Crippen molar-refractivity contribution in [2.24, 2.45) is 5.92 Å². The lowest BCUT2D eigenvalue weighted by atomic mass is 9.95. The fraction of sp³-hybridized carbons (Fsp3) is 0.400. The van der Waals surface area contributed by atoms with Crippen LogP contribution in [-0.4, -0.2) is 35.5 Å². The molecule has 130 valence electrons. The Balaban J connectivity index is 1.49. The standard InChI is InChI=1S/C20H22N2O3/c1-24-18-5-2-15-10-16(13-25-19(15)11-18)20(23)22(17-3-4-17)12-14-6-8-21-9-7-14/h2,5-9,11,16-17H,3-4,10,12-13H2,1H3/t16-/m0/s1. The topological polar surface area (TPSA) is 51.7 Å². The maximum Gasteiger partial charge on any atom is 0.230 e. The van der Waals surface area contributed by atoms with E-state index in [9.17, 15) is 4.79 Å². The molecule has 1 atom stereocenters.